The molecule has 0 aromatic heterocycles. The number of carbonyl (C=O) groups is 1. The van der Waals surface area contributed by atoms with Crippen molar-refractivity contribution in [2.45, 2.75) is 33.8 Å². The van der Waals surface area contributed by atoms with Gasteiger partial charge in [0, 0.05) is 0 Å². The molecule has 0 saturated heterocycles. The van der Waals surface area contributed by atoms with E-state index in [1.165, 1.54) is 0 Å². The van der Waals surface area contributed by atoms with E-state index < -0.39 is 15.9 Å². The van der Waals surface area contributed by atoms with Crippen molar-refractivity contribution in [1.29, 1.82) is 0 Å². The van der Waals surface area contributed by atoms with Crippen molar-refractivity contribution in [2.24, 2.45) is 0 Å². The summed E-state index contributed by atoms with van der Waals surface area (Å²) in [5.74, 6) is 0.0958. The van der Waals surface area contributed by atoms with Crippen LogP contribution in [0.4, 0.5) is 11.4 Å². The maximum atomic E-state index is 12.6. The third-order valence-corrected chi connectivity index (χ3v) is 4.96. The van der Waals surface area contributed by atoms with Gasteiger partial charge in [0.25, 0.3) is 0 Å². The van der Waals surface area contributed by atoms with Crippen LogP contribution in [0.2, 0.25) is 0 Å². The van der Waals surface area contributed by atoms with Crippen LogP contribution in [-0.4, -0.2) is 33.2 Å². The molecule has 2 rings (SSSR count). The van der Waals surface area contributed by atoms with E-state index in [4.69, 9.17) is 4.74 Å². The Bertz CT molecular complexity index is 923. The van der Waals surface area contributed by atoms with Gasteiger partial charge in [-0.25, -0.2) is 8.42 Å². The zero-order valence-corrected chi connectivity index (χ0v) is 17.1. The lowest BCUT2D eigenvalue weighted by Gasteiger charge is -2.24. The lowest BCUT2D eigenvalue weighted by Crippen LogP contribution is -2.38. The molecule has 7 heteroatoms. The Morgan fingerprint density at radius 3 is 2.41 bits per heavy atom. The van der Waals surface area contributed by atoms with Crippen molar-refractivity contribution in [3.05, 3.63) is 53.6 Å². The van der Waals surface area contributed by atoms with E-state index in [0.717, 1.165) is 21.7 Å². The van der Waals surface area contributed by atoms with Crippen LogP contribution in [0.5, 0.6) is 5.75 Å². The van der Waals surface area contributed by atoms with Gasteiger partial charge in [0.15, 0.2) is 0 Å². The summed E-state index contributed by atoms with van der Waals surface area (Å²) in [4.78, 5) is 12.6. The van der Waals surface area contributed by atoms with Crippen LogP contribution in [0.15, 0.2) is 42.5 Å². The minimum absolute atomic E-state index is 0.0502. The number of nitrogens with zero attached hydrogens (tertiary/aromatic N) is 1. The second kappa shape index (κ2) is 8.43. The molecule has 1 amide bonds. The van der Waals surface area contributed by atoms with Crippen molar-refractivity contribution < 1.29 is 17.9 Å². The lowest BCUT2D eigenvalue weighted by atomic mass is 10.1. The molecule has 2 aromatic rings. The molecule has 2 aromatic carbocycles. The van der Waals surface area contributed by atoms with E-state index in [0.29, 0.717) is 17.1 Å². The largest absolute Gasteiger partial charge is 0.489 e. The number of para-hydroxylation sites is 2. The molecule has 6 nitrogen and oxygen atoms in total. The Morgan fingerprint density at radius 1 is 1.15 bits per heavy atom. The van der Waals surface area contributed by atoms with Crippen molar-refractivity contribution in [3.63, 3.8) is 0 Å². The first-order valence-electron chi connectivity index (χ1n) is 8.68. The molecule has 0 spiro atoms. The molecule has 0 aliphatic carbocycles. The number of hydrogen-bond acceptors (Lipinski definition) is 4. The average molecular weight is 391 g/mol. The van der Waals surface area contributed by atoms with Gasteiger partial charge >= 0.3 is 0 Å². The van der Waals surface area contributed by atoms with E-state index in [9.17, 15) is 13.2 Å². The molecule has 0 atom stereocenters. The highest BCUT2D eigenvalue weighted by Gasteiger charge is 2.23. The lowest BCUT2D eigenvalue weighted by molar-refractivity contribution is -0.114. The van der Waals surface area contributed by atoms with Gasteiger partial charge < -0.3 is 10.1 Å². The van der Waals surface area contributed by atoms with Gasteiger partial charge in [-0.2, -0.15) is 0 Å². The Morgan fingerprint density at radius 2 is 1.81 bits per heavy atom. The Hall–Kier alpha value is -2.54. The molecular formula is C20H26N2O4S. The van der Waals surface area contributed by atoms with E-state index in [1.54, 1.807) is 24.3 Å². The highest BCUT2D eigenvalue weighted by molar-refractivity contribution is 7.92. The van der Waals surface area contributed by atoms with Crippen LogP contribution >= 0.6 is 0 Å². The van der Waals surface area contributed by atoms with Crippen molar-refractivity contribution in [1.82, 2.24) is 0 Å². The number of ether oxygens (including phenoxy) is 1. The highest BCUT2D eigenvalue weighted by Crippen LogP contribution is 2.26. The normalized spacial score (nSPS) is 11.3. The number of nitrogens with one attached hydrogen (secondary N) is 1. The van der Waals surface area contributed by atoms with Crippen LogP contribution in [0.3, 0.4) is 0 Å². The van der Waals surface area contributed by atoms with Gasteiger partial charge in [0.05, 0.1) is 23.7 Å². The second-order valence-corrected chi connectivity index (χ2v) is 8.68. The number of hydrogen-bond donors (Lipinski definition) is 1. The number of aryl methyl sites for hydroxylation is 2. The summed E-state index contributed by atoms with van der Waals surface area (Å²) in [7, 11) is -3.63. The van der Waals surface area contributed by atoms with Crippen LogP contribution < -0.4 is 14.4 Å². The molecule has 27 heavy (non-hydrogen) atoms. The summed E-state index contributed by atoms with van der Waals surface area (Å²) in [6, 6.07) is 12.5. The Labute approximate surface area is 161 Å². The van der Waals surface area contributed by atoms with Gasteiger partial charge in [0.1, 0.15) is 12.3 Å². The summed E-state index contributed by atoms with van der Waals surface area (Å²) in [6.07, 6.45) is 1.04. The molecule has 0 aliphatic rings. The molecule has 0 saturated carbocycles. The fourth-order valence-electron chi connectivity index (χ4n) is 2.71. The quantitative estimate of drug-likeness (QED) is 0.785. The Kier molecular flexibility index (Phi) is 6.49. The third-order valence-electron chi connectivity index (χ3n) is 3.83. The standard InChI is InChI=1S/C20H26N2O4S/c1-14(2)26-19-9-7-6-8-17(19)21-20(23)13-22(27(5,24)25)18-11-10-15(3)12-16(18)4/h6-12,14H,13H2,1-5H3,(H,21,23). The van der Waals surface area contributed by atoms with Crippen molar-refractivity contribution in [3.8, 4) is 5.75 Å². The van der Waals surface area contributed by atoms with Gasteiger partial charge in [-0.1, -0.05) is 29.8 Å². The minimum atomic E-state index is -3.63. The monoisotopic (exact) mass is 390 g/mol. The average Bonchev–Trinajstić information content (AvgIpc) is 2.54. The molecule has 146 valence electrons. The summed E-state index contributed by atoms with van der Waals surface area (Å²) in [6.45, 7) is 7.22. The summed E-state index contributed by atoms with van der Waals surface area (Å²) in [5, 5.41) is 2.75. The van der Waals surface area contributed by atoms with Crippen LogP contribution in [0.25, 0.3) is 0 Å². The predicted octanol–water partition coefficient (Wildman–Crippen LogP) is 3.50. The molecular weight excluding hydrogens is 364 g/mol. The van der Waals surface area contributed by atoms with Gasteiger partial charge in [-0.05, 0) is 51.5 Å². The number of amides is 1. The van der Waals surface area contributed by atoms with Crippen molar-refractivity contribution in [2.75, 3.05) is 22.4 Å². The molecule has 1 N–H and O–H groups in total. The molecule has 0 bridgehead atoms. The van der Waals surface area contributed by atoms with Gasteiger partial charge in [-0.15, -0.1) is 0 Å². The predicted molar refractivity (Wildman–Crippen MR) is 109 cm³/mol. The van der Waals surface area contributed by atoms with Crippen molar-refractivity contribution >= 4 is 27.3 Å². The number of benzene rings is 2. The molecule has 0 unspecified atom stereocenters. The third kappa shape index (κ3) is 5.72. The van der Waals surface area contributed by atoms with Crippen LogP contribution in [0, 0.1) is 13.8 Å². The van der Waals surface area contributed by atoms with Crippen LogP contribution in [0.1, 0.15) is 25.0 Å². The van der Waals surface area contributed by atoms with E-state index in [-0.39, 0.29) is 12.6 Å². The Balaban J connectivity index is 2.26. The van der Waals surface area contributed by atoms with Crippen LogP contribution in [-0.2, 0) is 14.8 Å². The second-order valence-electron chi connectivity index (χ2n) is 6.77. The van der Waals surface area contributed by atoms with E-state index >= 15 is 0 Å². The molecule has 0 fully saturated rings. The number of sulfonamides is 1. The first kappa shape index (κ1) is 20.8. The zero-order valence-electron chi connectivity index (χ0n) is 16.3. The van der Waals surface area contributed by atoms with Gasteiger partial charge in [0.2, 0.25) is 15.9 Å². The molecule has 0 radical (unpaired) electrons. The van der Waals surface area contributed by atoms with E-state index in [2.05, 4.69) is 5.32 Å². The van der Waals surface area contributed by atoms with E-state index in [1.807, 2.05) is 45.9 Å². The first-order chi connectivity index (χ1) is 12.6. The number of anilines is 2. The first-order valence-corrected chi connectivity index (χ1v) is 10.5. The maximum Gasteiger partial charge on any atom is 0.245 e. The maximum absolute atomic E-state index is 12.6. The highest BCUT2D eigenvalue weighted by atomic mass is 32.2. The summed E-state index contributed by atoms with van der Waals surface area (Å²) < 4.78 is 31.4. The fourth-order valence-corrected chi connectivity index (χ4v) is 3.63. The fraction of sp³-hybridized carbons (Fsp3) is 0.350. The summed E-state index contributed by atoms with van der Waals surface area (Å²) in [5.41, 5.74) is 2.81. The molecule has 0 aliphatic heterocycles. The topological polar surface area (TPSA) is 75.7 Å². The smallest absolute Gasteiger partial charge is 0.245 e. The SMILES string of the molecule is Cc1ccc(N(CC(=O)Nc2ccccc2OC(C)C)S(C)(=O)=O)c(C)c1. The summed E-state index contributed by atoms with van der Waals surface area (Å²) >= 11 is 0. The van der Waals surface area contributed by atoms with Gasteiger partial charge in [-0.3, -0.25) is 9.10 Å². The zero-order chi connectivity index (χ0) is 20.2. The number of carbonyl (C=O) groups excluding carboxylic acids is 1. The minimum Gasteiger partial charge on any atom is -0.489 e. The molecule has 0 heterocycles. The number of rotatable bonds is 7.